The van der Waals surface area contributed by atoms with Crippen LogP contribution in [0.25, 0.3) is 0 Å². The van der Waals surface area contributed by atoms with E-state index in [0.29, 0.717) is 0 Å². The van der Waals surface area contributed by atoms with E-state index in [2.05, 4.69) is 22.9 Å². The van der Waals surface area contributed by atoms with Crippen LogP contribution in [0, 0.1) is 6.92 Å². The van der Waals surface area contributed by atoms with Crippen molar-refractivity contribution >= 4 is 15.9 Å². The Balaban J connectivity index is 3.03. The number of hydrogen-bond acceptors (Lipinski definition) is 0. The number of halogens is 1. The third-order valence-electron chi connectivity index (χ3n) is 0.913. The van der Waals surface area contributed by atoms with E-state index in [9.17, 15) is 0 Å². The molecule has 0 heterocycles. The van der Waals surface area contributed by atoms with Crippen LogP contribution in [0.15, 0.2) is 28.7 Å². The number of rotatable bonds is 0. The average Bonchev–Trinajstić information content (AvgIpc) is 1.77. The minimum absolute atomic E-state index is 1.05. The third kappa shape index (κ3) is 1.27. The van der Waals surface area contributed by atoms with E-state index in [1.165, 1.54) is 0 Å². The second-order valence-corrected chi connectivity index (χ2v) is 2.54. The van der Waals surface area contributed by atoms with Crippen LogP contribution < -0.4 is 0 Å². The topological polar surface area (TPSA) is 0 Å². The van der Waals surface area contributed by atoms with Gasteiger partial charge in [0, 0.05) is 35.7 Å². The lowest BCUT2D eigenvalue weighted by Gasteiger charge is -1.80. The van der Waals surface area contributed by atoms with Gasteiger partial charge in [0.25, 0.3) is 0 Å². The van der Waals surface area contributed by atoms with Gasteiger partial charge in [-0.25, -0.2) is 0 Å². The summed E-state index contributed by atoms with van der Waals surface area (Å²) in [6.45, 7) is 3.74. The van der Waals surface area contributed by atoms with E-state index in [1.54, 1.807) is 0 Å². The molecule has 0 atom stereocenters. The van der Waals surface area contributed by atoms with Crippen molar-refractivity contribution < 1.29 is 0 Å². The summed E-state index contributed by atoms with van der Waals surface area (Å²) >= 11 is 3.32. The fraction of sp³-hybridized carbons (Fsp3) is 0. The van der Waals surface area contributed by atoms with E-state index in [-0.39, 0.29) is 0 Å². The molecule has 0 spiro atoms. The second-order valence-electron chi connectivity index (χ2n) is 1.63. The smallest absolute Gasteiger partial charge is 0.0483 e. The zero-order valence-electron chi connectivity index (χ0n) is 4.39. The molecule has 0 aliphatic carbocycles. The number of benzene rings is 1. The Bertz CT molecular complexity index is 143. The van der Waals surface area contributed by atoms with Gasteiger partial charge in [-0.2, -0.15) is 0 Å². The van der Waals surface area contributed by atoms with Crippen molar-refractivity contribution in [2.75, 3.05) is 0 Å². The first-order valence-electron chi connectivity index (χ1n) is 2.36. The highest BCUT2D eigenvalue weighted by Gasteiger charge is 1.89. The van der Waals surface area contributed by atoms with Crippen molar-refractivity contribution in [2.45, 2.75) is 0 Å². The average molecular weight is 170 g/mol. The first-order valence-corrected chi connectivity index (χ1v) is 3.16. The summed E-state index contributed by atoms with van der Waals surface area (Å²) in [5.41, 5.74) is 1.05. The van der Waals surface area contributed by atoms with Crippen LogP contribution in [0.4, 0.5) is 0 Å². The quantitative estimate of drug-likeness (QED) is 0.525. The van der Waals surface area contributed by atoms with E-state index in [1.807, 2.05) is 24.3 Å². The Morgan fingerprint density at radius 2 is 1.62 bits per heavy atom. The van der Waals surface area contributed by atoms with Crippen molar-refractivity contribution in [2.24, 2.45) is 0 Å². The monoisotopic (exact) mass is 169 g/mol. The van der Waals surface area contributed by atoms with E-state index in [0.717, 1.165) is 10.0 Å². The molecule has 0 radical (unpaired) electrons. The Kier molecular flexibility index (Phi) is 1.59. The lowest BCUT2D eigenvalue weighted by molar-refractivity contribution is 1.58. The van der Waals surface area contributed by atoms with Crippen molar-refractivity contribution in [3.8, 4) is 0 Å². The molecule has 0 aromatic heterocycles. The van der Waals surface area contributed by atoms with Crippen LogP contribution in [-0.2, 0) is 0 Å². The van der Waals surface area contributed by atoms with E-state index >= 15 is 0 Å². The van der Waals surface area contributed by atoms with Crippen LogP contribution in [0.3, 0.4) is 0 Å². The van der Waals surface area contributed by atoms with Gasteiger partial charge in [-0.1, -0.05) is 0 Å². The van der Waals surface area contributed by atoms with Crippen LogP contribution >= 0.6 is 15.9 Å². The van der Waals surface area contributed by atoms with Gasteiger partial charge in [0.05, 0.1) is 0 Å². The molecule has 1 aromatic rings. The van der Waals surface area contributed by atoms with Crippen molar-refractivity contribution in [3.05, 3.63) is 41.2 Å². The van der Waals surface area contributed by atoms with Gasteiger partial charge in [-0.15, -0.1) is 0 Å². The van der Waals surface area contributed by atoms with Crippen LogP contribution in [0.5, 0.6) is 0 Å². The molecule has 1 rings (SSSR count). The summed E-state index contributed by atoms with van der Waals surface area (Å²) in [7, 11) is 0. The van der Waals surface area contributed by atoms with Gasteiger partial charge < -0.3 is 0 Å². The van der Waals surface area contributed by atoms with Crippen molar-refractivity contribution in [1.29, 1.82) is 0 Å². The minimum Gasteiger partial charge on any atom is -0.0483 e. The highest BCUT2D eigenvalue weighted by molar-refractivity contribution is 9.10. The maximum atomic E-state index is 3.74. The van der Waals surface area contributed by atoms with Crippen LogP contribution in [-0.4, -0.2) is 0 Å². The van der Waals surface area contributed by atoms with Gasteiger partial charge >= 0.3 is 0 Å². The normalized spacial score (nSPS) is 9.12. The molecule has 1 aromatic carbocycles. The largest absolute Gasteiger partial charge is 0.126 e. The predicted molar refractivity (Wildman–Crippen MR) is 38.6 cm³/mol. The Labute approximate surface area is 57.7 Å². The van der Waals surface area contributed by atoms with Crippen LogP contribution in [0.2, 0.25) is 0 Å². The summed E-state index contributed by atoms with van der Waals surface area (Å²) in [6, 6.07) is 7.87. The molecule has 0 unspecified atom stereocenters. The SMILES string of the molecule is [CH2+]c1ccc(Br)cc1. The molecule has 0 N–H and O–H groups in total. The van der Waals surface area contributed by atoms with Crippen LogP contribution in [0.1, 0.15) is 5.56 Å². The van der Waals surface area contributed by atoms with Gasteiger partial charge in [-0.05, 0) is 15.9 Å². The first kappa shape index (κ1) is 5.70. The Hall–Kier alpha value is -0.430. The molecule has 0 aliphatic rings. The zero-order chi connectivity index (χ0) is 5.98. The lowest BCUT2D eigenvalue weighted by atomic mass is 10.2. The van der Waals surface area contributed by atoms with Gasteiger partial charge in [0.2, 0.25) is 0 Å². The molecular weight excluding hydrogens is 164 g/mol. The molecule has 0 amide bonds. The second kappa shape index (κ2) is 2.23. The summed E-state index contributed by atoms with van der Waals surface area (Å²) in [6.07, 6.45) is 0. The molecule has 8 heavy (non-hydrogen) atoms. The van der Waals surface area contributed by atoms with E-state index in [4.69, 9.17) is 0 Å². The molecule has 0 nitrogen and oxygen atoms in total. The molecular formula is C7H6Br+. The first-order chi connectivity index (χ1) is 3.79. The third-order valence-corrected chi connectivity index (χ3v) is 1.44. The lowest BCUT2D eigenvalue weighted by Crippen LogP contribution is -1.66. The maximum Gasteiger partial charge on any atom is 0.126 e. The van der Waals surface area contributed by atoms with Crippen molar-refractivity contribution in [3.63, 3.8) is 0 Å². The van der Waals surface area contributed by atoms with E-state index < -0.39 is 0 Å². The zero-order valence-corrected chi connectivity index (χ0v) is 5.98. The standard InChI is InChI=1S/C7H6Br/c1-6-2-4-7(8)5-3-6/h2-5H,1H2/q+1. The molecule has 1 heteroatoms. The van der Waals surface area contributed by atoms with Crippen molar-refractivity contribution in [1.82, 2.24) is 0 Å². The predicted octanol–water partition coefficient (Wildman–Crippen LogP) is 2.63. The van der Waals surface area contributed by atoms with Gasteiger partial charge in [0.15, 0.2) is 0 Å². The maximum absolute atomic E-state index is 3.74. The highest BCUT2D eigenvalue weighted by atomic mass is 79.9. The highest BCUT2D eigenvalue weighted by Crippen LogP contribution is 2.08. The summed E-state index contributed by atoms with van der Waals surface area (Å²) in [5, 5.41) is 0. The van der Waals surface area contributed by atoms with Gasteiger partial charge in [-0.3, -0.25) is 0 Å². The molecule has 40 valence electrons. The van der Waals surface area contributed by atoms with Gasteiger partial charge in [0.1, 0.15) is 5.56 Å². The molecule has 0 fully saturated rings. The Morgan fingerprint density at radius 1 is 1.12 bits per heavy atom. The fourth-order valence-corrected chi connectivity index (χ4v) is 0.749. The number of hydrogen-bond donors (Lipinski definition) is 0. The molecule has 0 saturated carbocycles. The molecule has 0 bridgehead atoms. The minimum atomic E-state index is 1.05. The summed E-state index contributed by atoms with van der Waals surface area (Å²) in [5.74, 6) is 0. The Morgan fingerprint density at radius 3 is 2.00 bits per heavy atom. The summed E-state index contributed by atoms with van der Waals surface area (Å²) in [4.78, 5) is 0. The summed E-state index contributed by atoms with van der Waals surface area (Å²) < 4.78 is 1.10. The molecule has 0 aliphatic heterocycles. The molecule has 0 saturated heterocycles. The fourth-order valence-electron chi connectivity index (χ4n) is 0.484.